The largest absolute Gasteiger partial charge is 0.436 e. The van der Waals surface area contributed by atoms with Crippen LogP contribution < -0.4 is 10.6 Å². The van der Waals surface area contributed by atoms with Crippen LogP contribution in [0.15, 0.2) is 100 Å². The van der Waals surface area contributed by atoms with E-state index in [0.29, 0.717) is 27.9 Å². The second kappa shape index (κ2) is 11.3. The molecule has 9 heteroatoms. The van der Waals surface area contributed by atoms with Gasteiger partial charge in [-0.05, 0) is 85.8 Å². The van der Waals surface area contributed by atoms with Crippen molar-refractivity contribution in [2.75, 3.05) is 10.6 Å². The fraction of sp³-hybridized carbons (Fsp3) is 0.0690. The summed E-state index contributed by atoms with van der Waals surface area (Å²) < 4.78 is 5.81. The Morgan fingerprint density at radius 1 is 0.868 bits per heavy atom. The fourth-order valence-corrected chi connectivity index (χ4v) is 5.04. The zero-order valence-electron chi connectivity index (χ0n) is 20.1. The molecule has 190 valence electrons. The first-order chi connectivity index (χ1) is 18.4. The van der Waals surface area contributed by atoms with Gasteiger partial charge in [0.1, 0.15) is 5.52 Å². The molecule has 1 atom stereocenters. The first kappa shape index (κ1) is 25.9. The number of nitrogens with one attached hydrogen (secondary N) is 2. The van der Waals surface area contributed by atoms with Crippen molar-refractivity contribution >= 4 is 69.3 Å². The number of anilines is 2. The van der Waals surface area contributed by atoms with E-state index in [9.17, 15) is 9.59 Å². The number of rotatable bonds is 7. The van der Waals surface area contributed by atoms with E-state index in [-0.39, 0.29) is 22.1 Å². The SMILES string of the molecule is CC(Sc1ccc(NC(=O)c2ccc(Cl)cc2Cl)cc1)C(=O)Nc1ccc(-c2nc3ccccc3o2)cc1. The first-order valence-electron chi connectivity index (χ1n) is 11.7. The lowest BCUT2D eigenvalue weighted by atomic mass is 10.2. The number of hydrogen-bond acceptors (Lipinski definition) is 5. The number of carbonyl (C=O) groups excluding carboxylic acids is 2. The zero-order chi connectivity index (χ0) is 26.6. The minimum Gasteiger partial charge on any atom is -0.436 e. The van der Waals surface area contributed by atoms with Crippen molar-refractivity contribution < 1.29 is 14.0 Å². The molecule has 1 heterocycles. The van der Waals surface area contributed by atoms with Gasteiger partial charge in [0, 0.05) is 26.9 Å². The summed E-state index contributed by atoms with van der Waals surface area (Å²) in [6.45, 7) is 1.84. The van der Waals surface area contributed by atoms with Crippen molar-refractivity contribution in [2.24, 2.45) is 0 Å². The predicted octanol–water partition coefficient (Wildman–Crippen LogP) is 8.17. The number of halogens is 2. The number of para-hydroxylation sites is 2. The minimum atomic E-state index is -0.347. The highest BCUT2D eigenvalue weighted by Gasteiger charge is 2.16. The summed E-state index contributed by atoms with van der Waals surface area (Å²) in [6, 6.07) is 26.9. The molecule has 0 aliphatic carbocycles. The van der Waals surface area contributed by atoms with Crippen LogP contribution in [-0.4, -0.2) is 22.0 Å². The normalized spacial score (nSPS) is 11.8. The smallest absolute Gasteiger partial charge is 0.257 e. The second-order valence-electron chi connectivity index (χ2n) is 8.42. The quantitative estimate of drug-likeness (QED) is 0.196. The van der Waals surface area contributed by atoms with E-state index in [2.05, 4.69) is 15.6 Å². The summed E-state index contributed by atoms with van der Waals surface area (Å²) in [4.78, 5) is 30.7. The number of oxazole rings is 1. The lowest BCUT2D eigenvalue weighted by Crippen LogP contribution is -2.22. The van der Waals surface area contributed by atoms with Crippen LogP contribution in [0.2, 0.25) is 10.0 Å². The topological polar surface area (TPSA) is 84.2 Å². The highest BCUT2D eigenvalue weighted by atomic mass is 35.5. The number of benzene rings is 4. The van der Waals surface area contributed by atoms with Crippen LogP contribution in [0.1, 0.15) is 17.3 Å². The molecule has 2 N–H and O–H groups in total. The van der Waals surface area contributed by atoms with Crippen LogP contribution in [0.5, 0.6) is 0 Å². The monoisotopic (exact) mass is 561 g/mol. The predicted molar refractivity (Wildman–Crippen MR) is 154 cm³/mol. The standard InChI is InChI=1S/C29H21Cl2N3O3S/c1-17(38-22-13-11-21(12-14-22)33-28(36)23-15-8-19(30)16-24(23)31)27(35)32-20-9-6-18(7-10-20)29-34-25-4-2-3-5-26(25)37-29/h2-17H,1H3,(H,32,35)(H,33,36). The number of fused-ring (bicyclic) bond motifs is 1. The van der Waals surface area contributed by atoms with Crippen LogP contribution in [0.4, 0.5) is 11.4 Å². The number of thioether (sulfide) groups is 1. The van der Waals surface area contributed by atoms with Crippen molar-refractivity contribution in [3.8, 4) is 11.5 Å². The number of amides is 2. The van der Waals surface area contributed by atoms with E-state index < -0.39 is 0 Å². The Bertz CT molecular complexity index is 1590. The summed E-state index contributed by atoms with van der Waals surface area (Å²) in [5, 5.41) is 6.15. The van der Waals surface area contributed by atoms with Gasteiger partial charge in [-0.25, -0.2) is 4.98 Å². The molecular weight excluding hydrogens is 541 g/mol. The second-order valence-corrected chi connectivity index (χ2v) is 10.7. The molecule has 0 spiro atoms. The number of nitrogens with zero attached hydrogens (tertiary/aromatic N) is 1. The van der Waals surface area contributed by atoms with Gasteiger partial charge >= 0.3 is 0 Å². The van der Waals surface area contributed by atoms with E-state index in [1.807, 2.05) is 67.6 Å². The third-order valence-electron chi connectivity index (χ3n) is 5.66. The Morgan fingerprint density at radius 2 is 1.55 bits per heavy atom. The summed E-state index contributed by atoms with van der Waals surface area (Å²) in [5.74, 6) is 0.0743. The van der Waals surface area contributed by atoms with Gasteiger partial charge in [-0.3, -0.25) is 9.59 Å². The zero-order valence-corrected chi connectivity index (χ0v) is 22.4. The van der Waals surface area contributed by atoms with Gasteiger partial charge in [0.05, 0.1) is 15.8 Å². The Kier molecular flexibility index (Phi) is 7.69. The van der Waals surface area contributed by atoms with Crippen molar-refractivity contribution in [2.45, 2.75) is 17.1 Å². The first-order valence-corrected chi connectivity index (χ1v) is 13.3. The summed E-state index contributed by atoms with van der Waals surface area (Å²) in [6.07, 6.45) is 0. The molecule has 0 aliphatic rings. The molecule has 6 nitrogen and oxygen atoms in total. The molecule has 0 radical (unpaired) electrons. The Hall–Kier alpha value is -3.78. The average Bonchev–Trinajstić information content (AvgIpc) is 3.34. The van der Waals surface area contributed by atoms with Crippen LogP contribution in [0.3, 0.4) is 0 Å². The molecule has 1 unspecified atom stereocenters. The summed E-state index contributed by atoms with van der Waals surface area (Å²) in [5.41, 5.74) is 3.98. The van der Waals surface area contributed by atoms with Crippen LogP contribution >= 0.6 is 35.0 Å². The highest BCUT2D eigenvalue weighted by Crippen LogP contribution is 2.28. The van der Waals surface area contributed by atoms with Gasteiger partial charge in [0.25, 0.3) is 5.91 Å². The molecule has 0 bridgehead atoms. The maximum atomic E-state index is 12.8. The van der Waals surface area contributed by atoms with Crippen LogP contribution in [-0.2, 0) is 4.79 Å². The molecule has 4 aromatic carbocycles. The molecule has 0 aliphatic heterocycles. The molecule has 38 heavy (non-hydrogen) atoms. The van der Waals surface area contributed by atoms with Crippen LogP contribution in [0, 0.1) is 0 Å². The molecular formula is C29H21Cl2N3O3S. The third kappa shape index (κ3) is 6.02. The summed E-state index contributed by atoms with van der Waals surface area (Å²) >= 11 is 13.4. The lowest BCUT2D eigenvalue weighted by Gasteiger charge is -2.13. The fourth-order valence-electron chi connectivity index (χ4n) is 3.68. The number of aromatic nitrogens is 1. The van der Waals surface area contributed by atoms with Crippen molar-refractivity contribution in [1.29, 1.82) is 0 Å². The number of carbonyl (C=O) groups is 2. The Labute approximate surface area is 233 Å². The van der Waals surface area contributed by atoms with Gasteiger partial charge in [-0.1, -0.05) is 35.3 Å². The van der Waals surface area contributed by atoms with E-state index in [1.165, 1.54) is 17.8 Å². The number of hydrogen-bond donors (Lipinski definition) is 2. The van der Waals surface area contributed by atoms with Gasteiger partial charge in [0.15, 0.2) is 5.58 Å². The molecule has 5 aromatic rings. The van der Waals surface area contributed by atoms with Crippen LogP contribution in [0.25, 0.3) is 22.6 Å². The van der Waals surface area contributed by atoms with Gasteiger partial charge in [-0.2, -0.15) is 0 Å². The Morgan fingerprint density at radius 3 is 2.26 bits per heavy atom. The molecule has 2 amide bonds. The van der Waals surface area contributed by atoms with E-state index in [0.717, 1.165) is 21.6 Å². The van der Waals surface area contributed by atoms with E-state index >= 15 is 0 Å². The third-order valence-corrected chi connectivity index (χ3v) is 7.32. The van der Waals surface area contributed by atoms with Crippen molar-refractivity contribution in [1.82, 2.24) is 4.98 Å². The average molecular weight is 562 g/mol. The molecule has 0 saturated carbocycles. The van der Waals surface area contributed by atoms with Crippen molar-refractivity contribution in [3.63, 3.8) is 0 Å². The Balaban J connectivity index is 1.16. The van der Waals surface area contributed by atoms with Gasteiger partial charge in [-0.15, -0.1) is 11.8 Å². The minimum absolute atomic E-state index is 0.126. The van der Waals surface area contributed by atoms with Gasteiger partial charge in [0.2, 0.25) is 11.8 Å². The summed E-state index contributed by atoms with van der Waals surface area (Å²) in [7, 11) is 0. The van der Waals surface area contributed by atoms with Crippen molar-refractivity contribution in [3.05, 3.63) is 107 Å². The molecule has 0 saturated heterocycles. The molecule has 5 rings (SSSR count). The maximum absolute atomic E-state index is 12.8. The molecule has 1 aromatic heterocycles. The molecule has 0 fully saturated rings. The van der Waals surface area contributed by atoms with E-state index in [4.69, 9.17) is 27.6 Å². The maximum Gasteiger partial charge on any atom is 0.257 e. The highest BCUT2D eigenvalue weighted by molar-refractivity contribution is 8.00. The van der Waals surface area contributed by atoms with E-state index in [1.54, 1.807) is 24.3 Å². The van der Waals surface area contributed by atoms with Gasteiger partial charge < -0.3 is 15.1 Å². The lowest BCUT2D eigenvalue weighted by molar-refractivity contribution is -0.115.